The monoisotopic (exact) mass is 187 g/mol. The van der Waals surface area contributed by atoms with Gasteiger partial charge in [0.15, 0.2) is 5.82 Å². The Bertz CT molecular complexity index is 264. The largest absolute Gasteiger partial charge is 0.390 e. The Hall–Kier alpha value is -0.740. The molecule has 0 saturated heterocycles. The highest BCUT2D eigenvalue weighted by atomic mass is 35.7. The Balaban J connectivity index is 2.91. The number of pyridine rings is 1. The molecule has 1 heterocycles. The topological polar surface area (TPSA) is 51.3 Å². The van der Waals surface area contributed by atoms with Crippen LogP contribution in [0.1, 0.15) is 0 Å². The van der Waals surface area contributed by atoms with E-state index in [-0.39, 0.29) is 0 Å². The van der Waals surface area contributed by atoms with E-state index in [1.165, 1.54) is 6.34 Å². The van der Waals surface area contributed by atoms with E-state index in [1.54, 1.807) is 18.3 Å². The van der Waals surface area contributed by atoms with E-state index >= 15 is 0 Å². The third kappa shape index (κ3) is 2.40. The zero-order valence-corrected chi connectivity index (χ0v) is 7.14. The van der Waals surface area contributed by atoms with Crippen LogP contribution in [0, 0.1) is 0 Å². The van der Waals surface area contributed by atoms with Gasteiger partial charge in [-0.05, 0) is 33.8 Å². The minimum absolute atomic E-state index is 0.568. The van der Waals surface area contributed by atoms with Crippen LogP contribution in [0.15, 0.2) is 28.2 Å². The number of hydrogen-bond acceptors (Lipinski definition) is 3. The Morgan fingerprint density at radius 2 is 2.55 bits per heavy atom. The first-order chi connectivity index (χ1) is 5.36. The average molecular weight is 188 g/mol. The van der Waals surface area contributed by atoms with E-state index in [0.717, 1.165) is 15.9 Å². The van der Waals surface area contributed by atoms with Gasteiger partial charge in [0.05, 0.1) is 6.34 Å². The zero-order valence-electron chi connectivity index (χ0n) is 5.57. The Kier molecular flexibility index (Phi) is 3.19. The lowest BCUT2D eigenvalue weighted by molar-refractivity contribution is 1.23. The van der Waals surface area contributed by atoms with Gasteiger partial charge >= 0.3 is 0 Å². The third-order valence-corrected chi connectivity index (χ3v) is 1.98. The lowest BCUT2D eigenvalue weighted by Crippen LogP contribution is -1.87. The van der Waals surface area contributed by atoms with Gasteiger partial charge in [-0.15, -0.1) is 0 Å². The normalized spacial score (nSPS) is 10.6. The second-order valence-corrected chi connectivity index (χ2v) is 2.79. The van der Waals surface area contributed by atoms with Crippen molar-refractivity contribution in [3.63, 3.8) is 0 Å². The summed E-state index contributed by atoms with van der Waals surface area (Å²) in [4.78, 5) is 8.62. The first-order valence-corrected chi connectivity index (χ1v) is 4.50. The number of aromatic nitrogens is 1. The molecule has 0 spiro atoms. The standard InChI is InChI=1S/C6H6ClN3S/c7-11-5-1-2-9-6(3-5)10-4-8/h1-4H,(H2,8,9,10). The first-order valence-electron chi connectivity index (χ1n) is 2.85. The molecule has 0 unspecified atom stereocenters. The zero-order chi connectivity index (χ0) is 8.10. The highest BCUT2D eigenvalue weighted by Crippen LogP contribution is 2.23. The Morgan fingerprint density at radius 3 is 3.18 bits per heavy atom. The molecule has 2 N–H and O–H groups in total. The molecule has 5 heteroatoms. The van der Waals surface area contributed by atoms with E-state index < -0.39 is 0 Å². The molecule has 0 aliphatic rings. The maximum Gasteiger partial charge on any atom is 0.154 e. The van der Waals surface area contributed by atoms with Crippen LogP contribution in [0.5, 0.6) is 0 Å². The van der Waals surface area contributed by atoms with Crippen molar-refractivity contribution in [2.45, 2.75) is 4.90 Å². The van der Waals surface area contributed by atoms with Gasteiger partial charge in [0.25, 0.3) is 0 Å². The second kappa shape index (κ2) is 4.20. The van der Waals surface area contributed by atoms with Crippen molar-refractivity contribution in [1.29, 1.82) is 0 Å². The molecular formula is C6H6ClN3S. The van der Waals surface area contributed by atoms with Crippen molar-refractivity contribution in [1.82, 2.24) is 4.98 Å². The lowest BCUT2D eigenvalue weighted by Gasteiger charge is -1.93. The summed E-state index contributed by atoms with van der Waals surface area (Å²) in [5, 5.41) is 0. The summed E-state index contributed by atoms with van der Waals surface area (Å²) < 4.78 is 0. The van der Waals surface area contributed by atoms with E-state index in [9.17, 15) is 0 Å². The van der Waals surface area contributed by atoms with Crippen molar-refractivity contribution in [3.8, 4) is 0 Å². The van der Waals surface area contributed by atoms with Gasteiger partial charge in [0.2, 0.25) is 0 Å². The van der Waals surface area contributed by atoms with Crippen molar-refractivity contribution >= 4 is 33.8 Å². The fraction of sp³-hybridized carbons (Fsp3) is 0. The molecule has 0 aromatic carbocycles. The quantitative estimate of drug-likeness (QED) is 0.569. The van der Waals surface area contributed by atoms with Gasteiger partial charge in [0, 0.05) is 11.1 Å². The molecule has 58 valence electrons. The van der Waals surface area contributed by atoms with Gasteiger partial charge in [-0.25, -0.2) is 9.98 Å². The molecule has 0 aliphatic heterocycles. The predicted molar refractivity (Wildman–Crippen MR) is 48.3 cm³/mol. The summed E-state index contributed by atoms with van der Waals surface area (Å²) in [6.07, 6.45) is 2.83. The van der Waals surface area contributed by atoms with Crippen molar-refractivity contribution in [2.24, 2.45) is 10.7 Å². The number of nitrogens with two attached hydrogens (primary N) is 1. The molecule has 11 heavy (non-hydrogen) atoms. The first kappa shape index (κ1) is 8.36. The summed E-state index contributed by atoms with van der Waals surface area (Å²) in [5.74, 6) is 0.568. The number of nitrogens with zero attached hydrogens (tertiary/aromatic N) is 2. The summed E-state index contributed by atoms with van der Waals surface area (Å²) in [6, 6.07) is 3.55. The summed E-state index contributed by atoms with van der Waals surface area (Å²) in [6.45, 7) is 0. The summed E-state index contributed by atoms with van der Waals surface area (Å²) >= 11 is 0. The number of hydrogen-bond donors (Lipinski definition) is 1. The van der Waals surface area contributed by atoms with Crippen LogP contribution in [0.3, 0.4) is 0 Å². The Labute approximate surface area is 73.2 Å². The minimum Gasteiger partial charge on any atom is -0.390 e. The fourth-order valence-electron chi connectivity index (χ4n) is 0.595. The molecular weight excluding hydrogens is 182 g/mol. The minimum atomic E-state index is 0.568. The van der Waals surface area contributed by atoms with Crippen LogP contribution in [-0.4, -0.2) is 11.3 Å². The molecule has 3 nitrogen and oxygen atoms in total. The van der Waals surface area contributed by atoms with Crippen molar-refractivity contribution < 1.29 is 0 Å². The third-order valence-electron chi connectivity index (χ3n) is 1.01. The highest BCUT2D eigenvalue weighted by Gasteiger charge is 1.92. The fourth-order valence-corrected chi connectivity index (χ4v) is 1.14. The van der Waals surface area contributed by atoms with Gasteiger partial charge < -0.3 is 5.73 Å². The second-order valence-electron chi connectivity index (χ2n) is 1.71. The van der Waals surface area contributed by atoms with Crippen LogP contribution in [-0.2, 0) is 0 Å². The van der Waals surface area contributed by atoms with Crippen molar-refractivity contribution in [3.05, 3.63) is 18.3 Å². The van der Waals surface area contributed by atoms with E-state index in [0.29, 0.717) is 5.82 Å². The summed E-state index contributed by atoms with van der Waals surface area (Å²) in [5.41, 5.74) is 5.08. The molecule has 0 bridgehead atoms. The maximum absolute atomic E-state index is 5.50. The van der Waals surface area contributed by atoms with Gasteiger partial charge in [0.1, 0.15) is 0 Å². The molecule has 1 rings (SSSR count). The number of aliphatic imine (C=N–C) groups is 1. The molecule has 1 aromatic rings. The molecule has 0 atom stereocenters. The van der Waals surface area contributed by atoms with E-state index in [1.807, 2.05) is 0 Å². The van der Waals surface area contributed by atoms with Crippen LogP contribution in [0.2, 0.25) is 0 Å². The average Bonchev–Trinajstić information content (AvgIpc) is 2.06. The van der Waals surface area contributed by atoms with Gasteiger partial charge in [-0.1, -0.05) is 0 Å². The molecule has 0 aliphatic carbocycles. The van der Waals surface area contributed by atoms with Crippen LogP contribution in [0.25, 0.3) is 0 Å². The smallest absolute Gasteiger partial charge is 0.154 e. The van der Waals surface area contributed by atoms with Crippen molar-refractivity contribution in [2.75, 3.05) is 0 Å². The van der Waals surface area contributed by atoms with Gasteiger partial charge in [-0.3, -0.25) is 0 Å². The molecule has 1 aromatic heterocycles. The SMILES string of the molecule is NC=Nc1cc(SCl)ccn1. The van der Waals surface area contributed by atoms with Gasteiger partial charge in [-0.2, -0.15) is 0 Å². The summed E-state index contributed by atoms with van der Waals surface area (Å²) in [7, 11) is 6.63. The van der Waals surface area contributed by atoms with Crippen LogP contribution >= 0.6 is 21.7 Å². The molecule has 0 amide bonds. The Morgan fingerprint density at radius 1 is 1.73 bits per heavy atom. The number of halogens is 1. The molecule has 0 radical (unpaired) electrons. The predicted octanol–water partition coefficient (Wildman–Crippen LogP) is 1.95. The highest BCUT2D eigenvalue weighted by molar-refractivity contribution is 8.21. The molecule has 0 saturated carbocycles. The van der Waals surface area contributed by atoms with E-state index in [2.05, 4.69) is 9.98 Å². The van der Waals surface area contributed by atoms with Crippen LogP contribution in [0.4, 0.5) is 5.82 Å². The molecule has 0 fully saturated rings. The van der Waals surface area contributed by atoms with Crippen LogP contribution < -0.4 is 5.73 Å². The van der Waals surface area contributed by atoms with E-state index in [4.69, 9.17) is 16.4 Å². The number of rotatable bonds is 2. The maximum atomic E-state index is 5.50. The lowest BCUT2D eigenvalue weighted by atomic mass is 10.5.